The van der Waals surface area contributed by atoms with E-state index in [2.05, 4.69) is 10.3 Å². The molecule has 0 N–H and O–H groups in total. The lowest BCUT2D eigenvalue weighted by molar-refractivity contribution is -0.154. The van der Waals surface area contributed by atoms with Crippen LogP contribution in [0.3, 0.4) is 0 Å². The van der Waals surface area contributed by atoms with Gasteiger partial charge >= 0.3 is 0 Å². The fourth-order valence-electron chi connectivity index (χ4n) is 0.386. The van der Waals surface area contributed by atoms with Gasteiger partial charge in [0.25, 0.3) is 0 Å². The molecule has 0 radical (unpaired) electrons. The van der Waals surface area contributed by atoms with E-state index < -0.39 is 0 Å². The van der Waals surface area contributed by atoms with E-state index in [1.165, 1.54) is 5.06 Å². The summed E-state index contributed by atoms with van der Waals surface area (Å²) in [4.78, 5) is 13.7. The van der Waals surface area contributed by atoms with Gasteiger partial charge in [-0.3, -0.25) is 4.94 Å². The molecule has 0 amide bonds. The van der Waals surface area contributed by atoms with Crippen LogP contribution in [0.1, 0.15) is 13.8 Å². The first-order valence-electron chi connectivity index (χ1n) is 2.59. The van der Waals surface area contributed by atoms with Crippen molar-refractivity contribution >= 4 is 0 Å². The zero-order chi connectivity index (χ0) is 6.41. The number of nitrogens with zero attached hydrogens (tertiary/aromatic N) is 2. The standard InChI is InChI=1S/C4H10N2O2/c1-3-6(4-2)8-5-7/h3-4H2,1-2H3. The van der Waals surface area contributed by atoms with E-state index in [0.717, 1.165) is 0 Å². The van der Waals surface area contributed by atoms with Gasteiger partial charge in [-0.25, -0.2) is 0 Å². The van der Waals surface area contributed by atoms with Gasteiger partial charge in [-0.15, -0.1) is 9.97 Å². The van der Waals surface area contributed by atoms with E-state index in [1.54, 1.807) is 0 Å². The Balaban J connectivity index is 3.20. The largest absolute Gasteiger partial charge is 0.260 e. The van der Waals surface area contributed by atoms with Crippen molar-refractivity contribution in [3.8, 4) is 0 Å². The van der Waals surface area contributed by atoms with Crippen LogP contribution in [-0.4, -0.2) is 18.2 Å². The summed E-state index contributed by atoms with van der Waals surface area (Å²) in [6.07, 6.45) is 0. The maximum absolute atomic E-state index is 9.42. The summed E-state index contributed by atoms with van der Waals surface area (Å²) in [5, 5.41) is 3.70. The molecule has 8 heavy (non-hydrogen) atoms. The molecule has 0 fully saturated rings. The molecular formula is C4H10N2O2. The Kier molecular flexibility index (Phi) is 4.16. The minimum Gasteiger partial charge on any atom is -0.260 e. The van der Waals surface area contributed by atoms with Crippen LogP contribution < -0.4 is 0 Å². The van der Waals surface area contributed by atoms with Gasteiger partial charge in [-0.1, -0.05) is 0 Å². The molecule has 48 valence electrons. The highest BCUT2D eigenvalue weighted by molar-refractivity contribution is 4.29. The normalized spacial score (nSPS) is 9.38. The van der Waals surface area contributed by atoms with Crippen LogP contribution in [0.4, 0.5) is 0 Å². The monoisotopic (exact) mass is 118 g/mol. The van der Waals surface area contributed by atoms with E-state index in [4.69, 9.17) is 0 Å². The van der Waals surface area contributed by atoms with Crippen LogP contribution in [0.5, 0.6) is 0 Å². The average Bonchev–Trinajstić information content (AvgIpc) is 1.83. The Hall–Kier alpha value is -0.640. The molecule has 0 bridgehead atoms. The molecule has 0 rings (SSSR count). The molecular weight excluding hydrogens is 108 g/mol. The predicted molar refractivity (Wildman–Crippen MR) is 29.8 cm³/mol. The van der Waals surface area contributed by atoms with E-state index in [9.17, 15) is 4.91 Å². The lowest BCUT2D eigenvalue weighted by Crippen LogP contribution is -2.20. The van der Waals surface area contributed by atoms with Crippen molar-refractivity contribution in [1.29, 1.82) is 0 Å². The average molecular weight is 118 g/mol. The summed E-state index contributed by atoms with van der Waals surface area (Å²) in [6.45, 7) is 5.13. The van der Waals surface area contributed by atoms with E-state index in [-0.39, 0.29) is 0 Å². The van der Waals surface area contributed by atoms with Gasteiger partial charge in [0.2, 0.25) is 0 Å². The summed E-state index contributed by atoms with van der Waals surface area (Å²) >= 11 is 0. The number of hydrogen-bond donors (Lipinski definition) is 0. The highest BCUT2D eigenvalue weighted by Gasteiger charge is 1.95. The maximum Gasteiger partial charge on any atom is 0.176 e. The quantitative estimate of drug-likeness (QED) is 0.407. The maximum atomic E-state index is 9.42. The van der Waals surface area contributed by atoms with Gasteiger partial charge < -0.3 is 0 Å². The van der Waals surface area contributed by atoms with Crippen LogP contribution in [0.15, 0.2) is 5.34 Å². The van der Waals surface area contributed by atoms with Gasteiger partial charge in [0.1, 0.15) is 0 Å². The fourth-order valence-corrected chi connectivity index (χ4v) is 0.386. The van der Waals surface area contributed by atoms with Crippen LogP contribution >= 0.6 is 0 Å². The smallest absolute Gasteiger partial charge is 0.176 e. The molecule has 0 saturated heterocycles. The van der Waals surface area contributed by atoms with Crippen LogP contribution in [-0.2, 0) is 4.94 Å². The first-order valence-corrected chi connectivity index (χ1v) is 2.59. The van der Waals surface area contributed by atoms with Crippen molar-refractivity contribution in [2.75, 3.05) is 13.1 Å². The second-order valence-electron chi connectivity index (χ2n) is 1.27. The third-order valence-electron chi connectivity index (χ3n) is 0.854. The summed E-state index contributed by atoms with van der Waals surface area (Å²) in [7, 11) is 0. The van der Waals surface area contributed by atoms with E-state index >= 15 is 0 Å². The number of hydrogen-bond acceptors (Lipinski definition) is 4. The first-order chi connectivity index (χ1) is 3.85. The molecule has 0 aromatic heterocycles. The molecule has 4 heteroatoms. The molecule has 0 unspecified atom stereocenters. The van der Waals surface area contributed by atoms with Crippen molar-refractivity contribution in [2.45, 2.75) is 13.8 Å². The third kappa shape index (κ3) is 2.52. The molecule has 4 nitrogen and oxygen atoms in total. The van der Waals surface area contributed by atoms with E-state index in [0.29, 0.717) is 13.1 Å². The zero-order valence-electron chi connectivity index (χ0n) is 5.13. The van der Waals surface area contributed by atoms with Crippen molar-refractivity contribution in [2.24, 2.45) is 5.34 Å². The van der Waals surface area contributed by atoms with Crippen molar-refractivity contribution in [3.05, 3.63) is 4.91 Å². The van der Waals surface area contributed by atoms with Gasteiger partial charge in [0.15, 0.2) is 5.34 Å². The minimum absolute atomic E-state index is 0.683. The Labute approximate surface area is 48.3 Å². The minimum atomic E-state index is 0.683. The van der Waals surface area contributed by atoms with Gasteiger partial charge in [-0.2, -0.15) is 0 Å². The molecule has 0 spiro atoms. The fraction of sp³-hybridized carbons (Fsp3) is 1.00. The van der Waals surface area contributed by atoms with Gasteiger partial charge in [0, 0.05) is 13.1 Å². The Morgan fingerprint density at radius 1 is 1.50 bits per heavy atom. The Morgan fingerprint density at radius 2 is 2.00 bits per heavy atom. The van der Waals surface area contributed by atoms with Crippen molar-refractivity contribution in [3.63, 3.8) is 0 Å². The SMILES string of the molecule is CCN(CC)ON=O. The van der Waals surface area contributed by atoms with Gasteiger partial charge in [0.05, 0.1) is 0 Å². The Bertz CT molecular complexity index is 63.1. The Morgan fingerprint density at radius 3 is 2.12 bits per heavy atom. The molecule has 0 atom stereocenters. The molecule has 0 aliphatic rings. The third-order valence-corrected chi connectivity index (χ3v) is 0.854. The van der Waals surface area contributed by atoms with Crippen LogP contribution in [0.2, 0.25) is 0 Å². The lowest BCUT2D eigenvalue weighted by Gasteiger charge is -2.09. The zero-order valence-corrected chi connectivity index (χ0v) is 5.13. The first kappa shape index (κ1) is 7.36. The molecule has 0 aliphatic carbocycles. The summed E-state index contributed by atoms with van der Waals surface area (Å²) in [5.41, 5.74) is 0. The van der Waals surface area contributed by atoms with Crippen LogP contribution in [0, 0.1) is 4.91 Å². The second-order valence-corrected chi connectivity index (χ2v) is 1.27. The molecule has 0 aromatic carbocycles. The highest BCUT2D eigenvalue weighted by Crippen LogP contribution is 1.86. The predicted octanol–water partition coefficient (Wildman–Crippen LogP) is 0.941. The number of hydroxylamine groups is 2. The van der Waals surface area contributed by atoms with Gasteiger partial charge in [-0.05, 0) is 13.8 Å². The molecule has 0 heterocycles. The summed E-state index contributed by atoms with van der Waals surface area (Å²) < 4.78 is 0. The molecule has 0 aromatic rings. The number of rotatable bonds is 4. The second kappa shape index (κ2) is 4.52. The molecule has 0 aliphatic heterocycles. The summed E-state index contributed by atoms with van der Waals surface area (Å²) in [5.74, 6) is 0. The highest BCUT2D eigenvalue weighted by atomic mass is 16.9. The topological polar surface area (TPSA) is 41.9 Å². The lowest BCUT2D eigenvalue weighted by atomic mass is 10.6. The van der Waals surface area contributed by atoms with E-state index in [1.807, 2.05) is 13.8 Å². The summed E-state index contributed by atoms with van der Waals surface area (Å²) in [6, 6.07) is 0. The molecule has 0 saturated carbocycles. The van der Waals surface area contributed by atoms with Crippen molar-refractivity contribution < 1.29 is 4.94 Å². The van der Waals surface area contributed by atoms with Crippen LogP contribution in [0.25, 0.3) is 0 Å². The van der Waals surface area contributed by atoms with Crippen molar-refractivity contribution in [1.82, 2.24) is 5.06 Å².